The zero-order valence-corrected chi connectivity index (χ0v) is 16.0. The molecule has 0 unspecified atom stereocenters. The van der Waals surface area contributed by atoms with E-state index >= 15 is 0 Å². The highest BCUT2D eigenvalue weighted by Crippen LogP contribution is 2.37. The molecule has 1 amide bonds. The van der Waals surface area contributed by atoms with Gasteiger partial charge in [-0.05, 0) is 12.1 Å². The van der Waals surface area contributed by atoms with Crippen LogP contribution in [0.2, 0.25) is 0 Å². The van der Waals surface area contributed by atoms with Gasteiger partial charge < -0.3 is 14.8 Å². The van der Waals surface area contributed by atoms with E-state index in [4.69, 9.17) is 15.9 Å². The molecule has 0 bridgehead atoms. The second-order valence-electron chi connectivity index (χ2n) is 7.21. The number of nitrogens with one attached hydrogen (secondary N) is 1. The van der Waals surface area contributed by atoms with E-state index in [1.807, 2.05) is 36.5 Å². The van der Waals surface area contributed by atoms with E-state index in [1.54, 1.807) is 10.9 Å². The molecule has 2 aromatic rings. The van der Waals surface area contributed by atoms with Crippen molar-refractivity contribution in [1.29, 1.82) is 0 Å². The Bertz CT molecular complexity index is 912. The number of carbonyl (C=O) groups excluding carboxylic acids is 1. The maximum Gasteiger partial charge on any atom is 0.220 e. The number of aromatic nitrogens is 2. The maximum atomic E-state index is 12.4. The molecule has 29 heavy (non-hydrogen) atoms. The lowest BCUT2D eigenvalue weighted by molar-refractivity contribution is -0.122. The van der Waals surface area contributed by atoms with Crippen LogP contribution in [0.15, 0.2) is 53.0 Å². The Labute approximate surface area is 169 Å². The van der Waals surface area contributed by atoms with Gasteiger partial charge >= 0.3 is 0 Å². The Hall–Kier alpha value is -3.18. The fraction of sp³-hybridized carbons (Fsp3) is 0.429. The van der Waals surface area contributed by atoms with Gasteiger partial charge in [-0.2, -0.15) is 15.3 Å². The molecule has 1 fully saturated rings. The van der Waals surface area contributed by atoms with Gasteiger partial charge in [-0.1, -0.05) is 18.2 Å². The van der Waals surface area contributed by atoms with Crippen LogP contribution >= 0.6 is 0 Å². The minimum atomic E-state index is -0.447. The van der Waals surface area contributed by atoms with Crippen molar-refractivity contribution in [2.24, 2.45) is 10.2 Å². The first-order chi connectivity index (χ1) is 14.2. The van der Waals surface area contributed by atoms with E-state index in [-0.39, 0.29) is 18.1 Å². The molecular weight excluding hydrogens is 370 g/mol. The molecule has 0 saturated carbocycles. The molecule has 1 aromatic carbocycles. The van der Waals surface area contributed by atoms with Crippen molar-refractivity contribution < 1.29 is 14.3 Å². The quantitative estimate of drug-likeness (QED) is 0.663. The number of rotatable bonds is 9. The minimum Gasteiger partial charge on any atom is -0.482 e. The highest BCUT2D eigenvalue weighted by Gasteiger charge is 2.40. The summed E-state index contributed by atoms with van der Waals surface area (Å²) in [5, 5.41) is 15.5. The summed E-state index contributed by atoms with van der Waals surface area (Å²) in [6, 6.07) is 9.58. The van der Waals surface area contributed by atoms with Crippen LogP contribution in [0.3, 0.4) is 0 Å². The Kier molecular flexibility index (Phi) is 5.58. The molecule has 1 aromatic heterocycles. The minimum absolute atomic E-state index is 0.0635. The number of nitrogens with zero attached hydrogens (tertiary/aromatic N) is 4. The van der Waals surface area contributed by atoms with Gasteiger partial charge in [0, 0.05) is 25.7 Å². The third-order valence-electron chi connectivity index (χ3n) is 5.05. The standard InChI is InChI=1S/C21H23N5O3/c1-2-3-10-21(24-25-21)11-9-20(27)23-18-14-28-15-19(18)29-17-12-22-26(13-17)16-7-5-4-6-8-16/h1,4-8,12-13,18-19H,3,9-11,14-15H2,(H,23,27)/t18-,19+/m1/s1. The molecule has 4 rings (SSSR count). The van der Waals surface area contributed by atoms with Crippen molar-refractivity contribution in [3.63, 3.8) is 0 Å². The number of amides is 1. The van der Waals surface area contributed by atoms with Crippen molar-refractivity contribution in [2.75, 3.05) is 13.2 Å². The Morgan fingerprint density at radius 2 is 2.14 bits per heavy atom. The second-order valence-corrected chi connectivity index (χ2v) is 7.21. The summed E-state index contributed by atoms with van der Waals surface area (Å²) < 4.78 is 13.3. The van der Waals surface area contributed by atoms with Crippen molar-refractivity contribution in [2.45, 2.75) is 43.5 Å². The second kappa shape index (κ2) is 8.45. The van der Waals surface area contributed by atoms with Crippen molar-refractivity contribution in [1.82, 2.24) is 15.1 Å². The van der Waals surface area contributed by atoms with Gasteiger partial charge in [0.25, 0.3) is 0 Å². The molecule has 1 saturated heterocycles. The Morgan fingerprint density at radius 3 is 2.90 bits per heavy atom. The highest BCUT2D eigenvalue weighted by molar-refractivity contribution is 5.76. The Balaban J connectivity index is 1.28. The molecule has 8 heteroatoms. The number of ether oxygens (including phenoxy) is 2. The summed E-state index contributed by atoms with van der Waals surface area (Å²) >= 11 is 0. The van der Waals surface area contributed by atoms with Gasteiger partial charge in [0.2, 0.25) is 5.91 Å². The van der Waals surface area contributed by atoms with Crippen LogP contribution in [-0.4, -0.2) is 46.7 Å². The Morgan fingerprint density at radius 1 is 1.31 bits per heavy atom. The normalized spacial score (nSPS) is 21.5. The summed E-state index contributed by atoms with van der Waals surface area (Å²) in [6.45, 7) is 0.832. The van der Waals surface area contributed by atoms with E-state index in [0.717, 1.165) is 5.69 Å². The van der Waals surface area contributed by atoms with E-state index in [0.29, 0.717) is 44.6 Å². The average molecular weight is 393 g/mol. The predicted octanol–water partition coefficient (Wildman–Crippen LogP) is 2.49. The predicted molar refractivity (Wildman–Crippen MR) is 106 cm³/mol. The fourth-order valence-electron chi connectivity index (χ4n) is 3.31. The summed E-state index contributed by atoms with van der Waals surface area (Å²) in [5.74, 6) is 3.16. The van der Waals surface area contributed by atoms with E-state index in [9.17, 15) is 4.79 Å². The van der Waals surface area contributed by atoms with Gasteiger partial charge in [-0.25, -0.2) is 4.68 Å². The number of benzene rings is 1. The number of terminal acetylenes is 1. The van der Waals surface area contributed by atoms with Crippen molar-refractivity contribution in [3.8, 4) is 23.8 Å². The summed E-state index contributed by atoms with van der Waals surface area (Å²) in [6.07, 6.45) is 10.7. The van der Waals surface area contributed by atoms with E-state index < -0.39 is 5.66 Å². The van der Waals surface area contributed by atoms with Crippen LogP contribution < -0.4 is 10.1 Å². The largest absolute Gasteiger partial charge is 0.482 e. The van der Waals surface area contributed by atoms with Gasteiger partial charge in [0.1, 0.15) is 6.10 Å². The topological polar surface area (TPSA) is 90.1 Å². The van der Waals surface area contributed by atoms with Gasteiger partial charge in [0.15, 0.2) is 11.4 Å². The van der Waals surface area contributed by atoms with Gasteiger partial charge in [-0.3, -0.25) is 4.79 Å². The fourth-order valence-corrected chi connectivity index (χ4v) is 3.31. The number of hydrogen-bond donors (Lipinski definition) is 1. The first kappa shape index (κ1) is 19.2. The lowest BCUT2D eigenvalue weighted by Gasteiger charge is -2.20. The third kappa shape index (κ3) is 4.81. The summed E-state index contributed by atoms with van der Waals surface area (Å²) in [4.78, 5) is 12.4. The number of hydrogen-bond acceptors (Lipinski definition) is 6. The SMILES string of the molecule is C#CCCC1(CCC(=O)N[C@@H]2COC[C@@H]2Oc2cnn(-c3ccccc3)c2)N=N1. The van der Waals surface area contributed by atoms with E-state index in [2.05, 4.69) is 26.6 Å². The van der Waals surface area contributed by atoms with Crippen LogP contribution in [0.4, 0.5) is 0 Å². The molecule has 0 radical (unpaired) electrons. The molecule has 0 spiro atoms. The van der Waals surface area contributed by atoms with Crippen LogP contribution in [0, 0.1) is 12.3 Å². The first-order valence-electron chi connectivity index (χ1n) is 9.69. The molecule has 2 atom stereocenters. The molecule has 0 aliphatic carbocycles. The monoisotopic (exact) mass is 393 g/mol. The highest BCUT2D eigenvalue weighted by atomic mass is 16.5. The first-order valence-corrected chi connectivity index (χ1v) is 9.69. The molecule has 2 aliphatic rings. The number of carbonyl (C=O) groups is 1. The smallest absolute Gasteiger partial charge is 0.220 e. The molecule has 2 aliphatic heterocycles. The van der Waals surface area contributed by atoms with Crippen LogP contribution in [0.5, 0.6) is 5.75 Å². The van der Waals surface area contributed by atoms with Crippen molar-refractivity contribution in [3.05, 3.63) is 42.7 Å². The molecule has 150 valence electrons. The maximum absolute atomic E-state index is 12.4. The van der Waals surface area contributed by atoms with Gasteiger partial charge in [0.05, 0.1) is 37.3 Å². The van der Waals surface area contributed by atoms with Crippen molar-refractivity contribution >= 4 is 5.91 Å². The molecule has 3 heterocycles. The lowest BCUT2D eigenvalue weighted by atomic mass is 10.0. The average Bonchev–Trinajstić information content (AvgIpc) is 3.13. The van der Waals surface area contributed by atoms with Crippen LogP contribution in [0.1, 0.15) is 25.7 Å². The lowest BCUT2D eigenvalue weighted by Crippen LogP contribution is -2.45. The molecule has 8 nitrogen and oxygen atoms in total. The van der Waals surface area contributed by atoms with Crippen LogP contribution in [-0.2, 0) is 9.53 Å². The van der Waals surface area contributed by atoms with E-state index in [1.165, 1.54) is 0 Å². The van der Waals surface area contributed by atoms with Gasteiger partial charge in [-0.15, -0.1) is 12.3 Å². The summed E-state index contributed by atoms with van der Waals surface area (Å²) in [7, 11) is 0. The van der Waals surface area contributed by atoms with Crippen LogP contribution in [0.25, 0.3) is 5.69 Å². The third-order valence-corrected chi connectivity index (χ3v) is 5.05. The zero-order valence-electron chi connectivity index (χ0n) is 16.0. The number of para-hydroxylation sites is 1. The zero-order chi connectivity index (χ0) is 20.1. The summed E-state index contributed by atoms with van der Waals surface area (Å²) in [5.41, 5.74) is 0.502. The molecule has 1 N–H and O–H groups in total. The molecular formula is C21H23N5O3.